The molecular weight excluding hydrogens is 222 g/mol. The molecule has 0 aliphatic carbocycles. The lowest BCUT2D eigenvalue weighted by molar-refractivity contribution is 0.192. The predicted octanol–water partition coefficient (Wildman–Crippen LogP) is 2.61. The minimum absolute atomic E-state index is 0.427. The van der Waals surface area contributed by atoms with Crippen LogP contribution in [0.5, 0.6) is 0 Å². The first-order valence-corrected chi connectivity index (χ1v) is 7.18. The van der Waals surface area contributed by atoms with Gasteiger partial charge in [0.05, 0.1) is 0 Å². The zero-order chi connectivity index (χ0) is 12.8. The van der Waals surface area contributed by atoms with E-state index in [1.807, 2.05) is 12.4 Å². The number of likely N-dealkylation sites (tertiary alicyclic amines) is 1. The van der Waals surface area contributed by atoms with Gasteiger partial charge < -0.3 is 10.2 Å². The predicted molar refractivity (Wildman–Crippen MR) is 75.5 cm³/mol. The standard InChI is InChI=1S/C15H25N3/c1-3-10-18-11-6-15(7-12-18)17-13(2)14-4-8-16-9-5-14/h4-5,8-9,13,15,17H,3,6-7,10-12H2,1-2H3/t13-/m1/s1. The molecule has 0 amide bonds. The van der Waals surface area contributed by atoms with Gasteiger partial charge in [0.2, 0.25) is 0 Å². The summed E-state index contributed by atoms with van der Waals surface area (Å²) in [5, 5.41) is 3.74. The number of pyridine rings is 1. The Kier molecular flexibility index (Phi) is 5.14. The molecule has 0 unspecified atom stereocenters. The number of aromatic nitrogens is 1. The summed E-state index contributed by atoms with van der Waals surface area (Å²) in [6.45, 7) is 8.25. The Morgan fingerprint density at radius 1 is 1.33 bits per heavy atom. The highest BCUT2D eigenvalue weighted by Gasteiger charge is 2.20. The van der Waals surface area contributed by atoms with Crippen molar-refractivity contribution in [1.29, 1.82) is 0 Å². The topological polar surface area (TPSA) is 28.2 Å². The highest BCUT2D eigenvalue weighted by molar-refractivity contribution is 5.14. The maximum atomic E-state index is 4.07. The molecule has 18 heavy (non-hydrogen) atoms. The average molecular weight is 247 g/mol. The van der Waals surface area contributed by atoms with Crippen LogP contribution in [0.4, 0.5) is 0 Å². The summed E-state index contributed by atoms with van der Waals surface area (Å²) in [7, 11) is 0. The fourth-order valence-electron chi connectivity index (χ4n) is 2.74. The van der Waals surface area contributed by atoms with Gasteiger partial charge in [-0.3, -0.25) is 4.98 Å². The Hall–Kier alpha value is -0.930. The first kappa shape index (κ1) is 13.5. The molecule has 1 aliphatic heterocycles. The smallest absolute Gasteiger partial charge is 0.0295 e. The molecule has 3 nitrogen and oxygen atoms in total. The van der Waals surface area contributed by atoms with Crippen LogP contribution in [0.25, 0.3) is 0 Å². The molecule has 2 heterocycles. The van der Waals surface area contributed by atoms with Gasteiger partial charge in [0.25, 0.3) is 0 Å². The van der Waals surface area contributed by atoms with Gasteiger partial charge in [-0.15, -0.1) is 0 Å². The molecule has 0 saturated carbocycles. The number of piperidine rings is 1. The molecule has 1 aromatic heterocycles. The second kappa shape index (κ2) is 6.86. The van der Waals surface area contributed by atoms with E-state index < -0.39 is 0 Å². The maximum absolute atomic E-state index is 4.07. The van der Waals surface area contributed by atoms with Gasteiger partial charge in [0.15, 0.2) is 0 Å². The second-order valence-corrected chi connectivity index (χ2v) is 5.28. The van der Waals surface area contributed by atoms with Gasteiger partial charge in [-0.2, -0.15) is 0 Å². The third kappa shape index (κ3) is 3.79. The van der Waals surface area contributed by atoms with E-state index in [1.54, 1.807) is 0 Å². The van der Waals surface area contributed by atoms with Crippen molar-refractivity contribution in [2.45, 2.75) is 45.2 Å². The Balaban J connectivity index is 1.78. The molecule has 2 rings (SSSR count). The van der Waals surface area contributed by atoms with Gasteiger partial charge in [-0.05, 0) is 63.5 Å². The summed E-state index contributed by atoms with van der Waals surface area (Å²) in [6.07, 6.45) is 7.56. The van der Waals surface area contributed by atoms with Crippen LogP contribution in [0.15, 0.2) is 24.5 Å². The Morgan fingerprint density at radius 2 is 2.00 bits per heavy atom. The average Bonchev–Trinajstić information content (AvgIpc) is 2.42. The van der Waals surface area contributed by atoms with Gasteiger partial charge in [0.1, 0.15) is 0 Å². The first-order chi connectivity index (χ1) is 8.79. The molecule has 100 valence electrons. The highest BCUT2D eigenvalue weighted by Crippen LogP contribution is 2.16. The third-order valence-electron chi connectivity index (χ3n) is 3.82. The summed E-state index contributed by atoms with van der Waals surface area (Å²) in [4.78, 5) is 6.65. The minimum atomic E-state index is 0.427. The van der Waals surface area contributed by atoms with Crippen molar-refractivity contribution in [3.05, 3.63) is 30.1 Å². The van der Waals surface area contributed by atoms with Crippen LogP contribution >= 0.6 is 0 Å². The van der Waals surface area contributed by atoms with E-state index >= 15 is 0 Å². The molecule has 0 radical (unpaired) electrons. The van der Waals surface area contributed by atoms with Crippen LogP contribution in [0.3, 0.4) is 0 Å². The van der Waals surface area contributed by atoms with Crippen molar-refractivity contribution in [1.82, 2.24) is 15.2 Å². The van der Waals surface area contributed by atoms with Crippen molar-refractivity contribution < 1.29 is 0 Å². The van der Waals surface area contributed by atoms with Gasteiger partial charge >= 0.3 is 0 Å². The number of hydrogen-bond donors (Lipinski definition) is 1. The van der Waals surface area contributed by atoms with Crippen molar-refractivity contribution >= 4 is 0 Å². The van der Waals surface area contributed by atoms with E-state index in [0.29, 0.717) is 12.1 Å². The van der Waals surface area contributed by atoms with E-state index in [0.717, 1.165) is 0 Å². The van der Waals surface area contributed by atoms with E-state index in [9.17, 15) is 0 Å². The van der Waals surface area contributed by atoms with Gasteiger partial charge in [0, 0.05) is 24.5 Å². The molecule has 0 spiro atoms. The highest BCUT2D eigenvalue weighted by atomic mass is 15.1. The van der Waals surface area contributed by atoms with E-state index in [1.165, 1.54) is 44.5 Å². The van der Waals surface area contributed by atoms with Gasteiger partial charge in [-0.1, -0.05) is 6.92 Å². The second-order valence-electron chi connectivity index (χ2n) is 5.28. The van der Waals surface area contributed by atoms with E-state index in [4.69, 9.17) is 0 Å². The number of nitrogens with one attached hydrogen (secondary N) is 1. The number of rotatable bonds is 5. The number of nitrogens with zero attached hydrogens (tertiary/aromatic N) is 2. The normalized spacial score (nSPS) is 19.9. The van der Waals surface area contributed by atoms with Crippen molar-refractivity contribution in [3.63, 3.8) is 0 Å². The molecule has 1 atom stereocenters. The van der Waals surface area contributed by atoms with Crippen LogP contribution in [0.1, 0.15) is 44.7 Å². The molecule has 1 fully saturated rings. The fraction of sp³-hybridized carbons (Fsp3) is 0.667. The van der Waals surface area contributed by atoms with Crippen LogP contribution in [-0.4, -0.2) is 35.6 Å². The fourth-order valence-corrected chi connectivity index (χ4v) is 2.74. The first-order valence-electron chi connectivity index (χ1n) is 7.18. The monoisotopic (exact) mass is 247 g/mol. The maximum Gasteiger partial charge on any atom is 0.0295 e. The Bertz CT molecular complexity index is 331. The summed E-state index contributed by atoms with van der Waals surface area (Å²) >= 11 is 0. The summed E-state index contributed by atoms with van der Waals surface area (Å²) < 4.78 is 0. The molecule has 3 heteroatoms. The quantitative estimate of drug-likeness (QED) is 0.867. The summed E-state index contributed by atoms with van der Waals surface area (Å²) in [6, 6.07) is 5.30. The molecule has 1 aliphatic rings. The van der Waals surface area contributed by atoms with Crippen LogP contribution in [0.2, 0.25) is 0 Å². The van der Waals surface area contributed by atoms with E-state index in [2.05, 4.69) is 41.2 Å². The largest absolute Gasteiger partial charge is 0.307 e. The van der Waals surface area contributed by atoms with Crippen LogP contribution in [-0.2, 0) is 0 Å². The molecule has 0 aromatic carbocycles. The van der Waals surface area contributed by atoms with Crippen molar-refractivity contribution in [3.8, 4) is 0 Å². The minimum Gasteiger partial charge on any atom is -0.307 e. The van der Waals surface area contributed by atoms with Crippen molar-refractivity contribution in [2.24, 2.45) is 0 Å². The molecular formula is C15H25N3. The lowest BCUT2D eigenvalue weighted by Gasteiger charge is -2.33. The lowest BCUT2D eigenvalue weighted by atomic mass is 10.0. The Labute approximate surface area is 111 Å². The molecule has 1 aromatic rings. The number of hydrogen-bond acceptors (Lipinski definition) is 3. The SMILES string of the molecule is CCCN1CCC(N[C@H](C)c2ccncc2)CC1. The van der Waals surface area contributed by atoms with Crippen LogP contribution < -0.4 is 5.32 Å². The summed E-state index contributed by atoms with van der Waals surface area (Å²) in [5.74, 6) is 0. The summed E-state index contributed by atoms with van der Waals surface area (Å²) in [5.41, 5.74) is 1.33. The lowest BCUT2D eigenvalue weighted by Crippen LogP contribution is -2.43. The van der Waals surface area contributed by atoms with Crippen LogP contribution in [0, 0.1) is 0 Å². The zero-order valence-electron chi connectivity index (χ0n) is 11.6. The molecule has 1 saturated heterocycles. The van der Waals surface area contributed by atoms with Crippen molar-refractivity contribution in [2.75, 3.05) is 19.6 Å². The zero-order valence-corrected chi connectivity index (χ0v) is 11.6. The third-order valence-corrected chi connectivity index (χ3v) is 3.82. The molecule has 1 N–H and O–H groups in total. The Morgan fingerprint density at radius 3 is 2.61 bits per heavy atom. The molecule has 0 bridgehead atoms. The van der Waals surface area contributed by atoms with E-state index in [-0.39, 0.29) is 0 Å². The van der Waals surface area contributed by atoms with Gasteiger partial charge in [-0.25, -0.2) is 0 Å².